The van der Waals surface area contributed by atoms with Gasteiger partial charge in [0.1, 0.15) is 0 Å². The van der Waals surface area contributed by atoms with Crippen LogP contribution in [0.2, 0.25) is 5.02 Å². The maximum absolute atomic E-state index is 10.5. The average Bonchev–Trinajstić information content (AvgIpc) is 2.44. The molecule has 4 bridgehead atoms. The van der Waals surface area contributed by atoms with Gasteiger partial charge in [0, 0.05) is 22.7 Å². The summed E-state index contributed by atoms with van der Waals surface area (Å²) in [6, 6.07) is 7.62. The van der Waals surface area contributed by atoms with Crippen molar-refractivity contribution < 1.29 is 5.11 Å². The number of rotatable bonds is 4. The molecule has 114 valence electrons. The van der Waals surface area contributed by atoms with Crippen LogP contribution in [-0.2, 0) is 0 Å². The number of halogens is 1. The van der Waals surface area contributed by atoms with Crippen LogP contribution in [0.25, 0.3) is 0 Å². The van der Waals surface area contributed by atoms with Crippen LogP contribution in [0.1, 0.15) is 50.2 Å². The molecule has 21 heavy (non-hydrogen) atoms. The van der Waals surface area contributed by atoms with Crippen LogP contribution in [0, 0.1) is 17.8 Å². The van der Waals surface area contributed by atoms with Gasteiger partial charge in [0.05, 0.1) is 6.10 Å². The summed E-state index contributed by atoms with van der Waals surface area (Å²) in [5.41, 5.74) is 1.15. The molecule has 0 saturated heterocycles. The quantitative estimate of drug-likeness (QED) is 0.883. The Morgan fingerprint density at radius 1 is 1.10 bits per heavy atom. The number of aliphatic hydroxyl groups is 1. The van der Waals surface area contributed by atoms with Gasteiger partial charge in [-0.1, -0.05) is 29.8 Å². The molecule has 4 aliphatic carbocycles. The van der Waals surface area contributed by atoms with Crippen LogP contribution in [0.5, 0.6) is 0 Å². The van der Waals surface area contributed by atoms with Gasteiger partial charge in [-0.05, 0) is 62.3 Å². The van der Waals surface area contributed by atoms with E-state index >= 15 is 0 Å². The lowest BCUT2D eigenvalue weighted by Crippen LogP contribution is -2.59. The van der Waals surface area contributed by atoms with Crippen LogP contribution in [0.15, 0.2) is 24.3 Å². The summed E-state index contributed by atoms with van der Waals surface area (Å²) in [6.45, 7) is 0.621. The monoisotopic (exact) mass is 305 g/mol. The van der Waals surface area contributed by atoms with E-state index in [0.29, 0.717) is 17.1 Å². The lowest BCUT2D eigenvalue weighted by Gasteiger charge is -2.57. The highest BCUT2D eigenvalue weighted by Crippen LogP contribution is 2.55. The first-order valence-corrected chi connectivity index (χ1v) is 8.69. The minimum Gasteiger partial charge on any atom is -0.387 e. The van der Waals surface area contributed by atoms with Crippen molar-refractivity contribution in [3.8, 4) is 0 Å². The van der Waals surface area contributed by atoms with Gasteiger partial charge in [0.15, 0.2) is 0 Å². The summed E-state index contributed by atoms with van der Waals surface area (Å²) in [4.78, 5) is 0. The Hall–Kier alpha value is -0.570. The molecule has 3 heteroatoms. The van der Waals surface area contributed by atoms with E-state index in [2.05, 4.69) is 5.32 Å². The van der Waals surface area contributed by atoms with Crippen molar-refractivity contribution in [2.75, 3.05) is 6.54 Å². The van der Waals surface area contributed by atoms with Gasteiger partial charge < -0.3 is 10.4 Å². The molecule has 1 aromatic rings. The lowest BCUT2D eigenvalue weighted by atomic mass is 9.53. The Bertz CT molecular complexity index is 494. The third-order valence-electron chi connectivity index (χ3n) is 5.97. The number of hydrogen-bond acceptors (Lipinski definition) is 2. The van der Waals surface area contributed by atoms with E-state index in [1.165, 1.54) is 38.5 Å². The number of β-amino-alcohol motifs (C(OH)–C–C–N with tert-alkyl or cyclic N) is 1. The minimum atomic E-state index is -0.508. The molecule has 1 aromatic carbocycles. The summed E-state index contributed by atoms with van der Waals surface area (Å²) < 4.78 is 0. The zero-order valence-electron chi connectivity index (χ0n) is 12.4. The summed E-state index contributed by atoms with van der Waals surface area (Å²) in [5, 5.41) is 14.9. The molecule has 0 aromatic heterocycles. The normalized spacial score (nSPS) is 38.7. The molecule has 1 atom stereocenters. The van der Waals surface area contributed by atoms with Crippen LogP contribution in [0.4, 0.5) is 0 Å². The topological polar surface area (TPSA) is 32.3 Å². The van der Waals surface area contributed by atoms with Crippen LogP contribution in [0.3, 0.4) is 0 Å². The Morgan fingerprint density at radius 2 is 1.67 bits per heavy atom. The second-order valence-corrected chi connectivity index (χ2v) is 8.02. The molecule has 4 fully saturated rings. The molecule has 0 aliphatic heterocycles. The van der Waals surface area contributed by atoms with Crippen LogP contribution < -0.4 is 5.32 Å². The predicted molar refractivity (Wildman–Crippen MR) is 85.3 cm³/mol. The Labute approximate surface area is 131 Å². The SMILES string of the molecule is OC(CNC12CC3CC(CC(C3)C1)C2)c1ccccc1Cl. The summed E-state index contributed by atoms with van der Waals surface area (Å²) in [7, 11) is 0. The van der Waals surface area contributed by atoms with E-state index in [9.17, 15) is 5.11 Å². The Balaban J connectivity index is 1.44. The Morgan fingerprint density at radius 3 is 2.24 bits per heavy atom. The van der Waals surface area contributed by atoms with Crippen molar-refractivity contribution in [2.24, 2.45) is 17.8 Å². The molecule has 4 saturated carbocycles. The molecule has 0 radical (unpaired) electrons. The maximum atomic E-state index is 10.5. The van der Waals surface area contributed by atoms with Gasteiger partial charge in [-0.15, -0.1) is 0 Å². The molecular formula is C18H24ClNO. The highest BCUT2D eigenvalue weighted by Gasteiger charge is 2.50. The fourth-order valence-electron chi connectivity index (χ4n) is 5.50. The summed E-state index contributed by atoms with van der Waals surface area (Å²) >= 11 is 6.19. The highest BCUT2D eigenvalue weighted by molar-refractivity contribution is 6.31. The van der Waals surface area contributed by atoms with Gasteiger partial charge >= 0.3 is 0 Å². The van der Waals surface area contributed by atoms with E-state index < -0.39 is 6.10 Å². The van der Waals surface area contributed by atoms with Gasteiger partial charge in [0.2, 0.25) is 0 Å². The largest absolute Gasteiger partial charge is 0.387 e. The average molecular weight is 306 g/mol. The first kappa shape index (κ1) is 14.0. The third-order valence-corrected chi connectivity index (χ3v) is 6.32. The predicted octanol–water partition coefficient (Wildman–Crippen LogP) is 3.93. The first-order valence-electron chi connectivity index (χ1n) is 8.31. The van der Waals surface area contributed by atoms with Crippen molar-refractivity contribution >= 4 is 11.6 Å². The van der Waals surface area contributed by atoms with Gasteiger partial charge in [-0.2, -0.15) is 0 Å². The molecule has 1 unspecified atom stereocenters. The maximum Gasteiger partial charge on any atom is 0.0928 e. The molecule has 2 N–H and O–H groups in total. The number of aliphatic hydroxyl groups excluding tert-OH is 1. The molecule has 4 aliphatic rings. The second-order valence-electron chi connectivity index (χ2n) is 7.62. The van der Waals surface area contributed by atoms with Crippen molar-refractivity contribution in [1.29, 1.82) is 0 Å². The Kier molecular flexibility index (Phi) is 3.52. The molecule has 2 nitrogen and oxygen atoms in total. The van der Waals surface area contributed by atoms with Gasteiger partial charge in [-0.25, -0.2) is 0 Å². The van der Waals surface area contributed by atoms with Gasteiger partial charge in [0.25, 0.3) is 0 Å². The highest BCUT2D eigenvalue weighted by atomic mass is 35.5. The zero-order chi connectivity index (χ0) is 14.4. The molecule has 0 spiro atoms. The van der Waals surface area contributed by atoms with Crippen molar-refractivity contribution in [3.63, 3.8) is 0 Å². The van der Waals surface area contributed by atoms with Crippen molar-refractivity contribution in [2.45, 2.75) is 50.2 Å². The van der Waals surface area contributed by atoms with Gasteiger partial charge in [-0.3, -0.25) is 0 Å². The second kappa shape index (κ2) is 5.26. The lowest BCUT2D eigenvalue weighted by molar-refractivity contribution is -0.0248. The van der Waals surface area contributed by atoms with E-state index in [1.54, 1.807) is 0 Å². The molecule has 5 rings (SSSR count). The smallest absolute Gasteiger partial charge is 0.0928 e. The van der Waals surface area contributed by atoms with E-state index in [1.807, 2.05) is 24.3 Å². The summed E-state index contributed by atoms with van der Waals surface area (Å²) in [6.07, 6.45) is 7.79. The summed E-state index contributed by atoms with van der Waals surface area (Å²) in [5.74, 6) is 2.80. The number of hydrogen-bond donors (Lipinski definition) is 2. The fraction of sp³-hybridized carbons (Fsp3) is 0.667. The number of nitrogens with one attached hydrogen (secondary N) is 1. The third kappa shape index (κ3) is 2.62. The van der Waals surface area contributed by atoms with Crippen molar-refractivity contribution in [3.05, 3.63) is 34.9 Å². The molecule has 0 heterocycles. The fourth-order valence-corrected chi connectivity index (χ4v) is 5.76. The van der Waals surface area contributed by atoms with Crippen LogP contribution >= 0.6 is 11.6 Å². The first-order chi connectivity index (χ1) is 10.1. The zero-order valence-corrected chi connectivity index (χ0v) is 13.1. The van der Waals surface area contributed by atoms with Crippen molar-refractivity contribution in [1.82, 2.24) is 5.32 Å². The standard InChI is InChI=1S/C18H24ClNO/c19-16-4-2-1-3-15(16)17(21)11-20-18-8-12-5-13(9-18)7-14(6-12)10-18/h1-4,12-14,17,20-21H,5-11H2. The molecular weight excluding hydrogens is 282 g/mol. The van der Waals surface area contributed by atoms with E-state index in [0.717, 1.165) is 23.3 Å². The van der Waals surface area contributed by atoms with E-state index in [4.69, 9.17) is 11.6 Å². The number of benzene rings is 1. The van der Waals surface area contributed by atoms with Crippen LogP contribution in [-0.4, -0.2) is 17.2 Å². The molecule has 0 amide bonds. The minimum absolute atomic E-state index is 0.303. The van der Waals surface area contributed by atoms with E-state index in [-0.39, 0.29) is 0 Å².